The third-order valence-corrected chi connectivity index (χ3v) is 5.87. The number of nitrogens with zero attached hydrogens (tertiary/aromatic N) is 2. The highest BCUT2D eigenvalue weighted by Crippen LogP contribution is 2.23. The van der Waals surface area contributed by atoms with E-state index >= 15 is 0 Å². The molecule has 0 unspecified atom stereocenters. The Morgan fingerprint density at radius 3 is 1.21 bits per heavy atom. The maximum absolute atomic E-state index is 6.04. The van der Waals surface area contributed by atoms with Crippen LogP contribution in [0.3, 0.4) is 0 Å². The highest BCUT2D eigenvalue weighted by atomic mass is 16.5. The molecule has 0 saturated heterocycles. The monoisotopic (exact) mass is 496 g/mol. The van der Waals surface area contributed by atoms with Crippen LogP contribution < -0.4 is 9.47 Å². The summed E-state index contributed by atoms with van der Waals surface area (Å²) in [6.07, 6.45) is 3.66. The summed E-state index contributed by atoms with van der Waals surface area (Å²) in [7, 11) is 0. The van der Waals surface area contributed by atoms with Gasteiger partial charge in [-0.05, 0) is 59.7 Å². The van der Waals surface area contributed by atoms with Gasteiger partial charge in [0.15, 0.2) is 0 Å². The summed E-state index contributed by atoms with van der Waals surface area (Å²) in [5.74, 6) is 1.60. The lowest BCUT2D eigenvalue weighted by Gasteiger charge is -2.09. The van der Waals surface area contributed by atoms with Gasteiger partial charge in [0.25, 0.3) is 0 Å². The number of hydrogen-bond donors (Lipinski definition) is 0. The van der Waals surface area contributed by atoms with Gasteiger partial charge >= 0.3 is 0 Å². The van der Waals surface area contributed by atoms with Crippen LogP contribution in [-0.4, -0.2) is 12.4 Å². The van der Waals surface area contributed by atoms with Gasteiger partial charge in [0.1, 0.15) is 24.7 Å². The van der Waals surface area contributed by atoms with Crippen LogP contribution in [0.2, 0.25) is 0 Å². The highest BCUT2D eigenvalue weighted by Gasteiger charge is 2.03. The fourth-order valence-corrected chi connectivity index (χ4v) is 3.82. The summed E-state index contributed by atoms with van der Waals surface area (Å²) >= 11 is 0. The van der Waals surface area contributed by atoms with Crippen LogP contribution in [0, 0.1) is 0 Å². The van der Waals surface area contributed by atoms with E-state index < -0.39 is 0 Å². The van der Waals surface area contributed by atoms with E-state index in [4.69, 9.17) is 9.47 Å². The van der Waals surface area contributed by atoms with Gasteiger partial charge < -0.3 is 9.47 Å². The molecule has 4 nitrogen and oxygen atoms in total. The third kappa shape index (κ3) is 7.05. The Labute approximate surface area is 223 Å². The molecule has 0 bridgehead atoms. The van der Waals surface area contributed by atoms with E-state index in [9.17, 15) is 0 Å². The summed E-state index contributed by atoms with van der Waals surface area (Å²) in [6, 6.07) is 43.9. The molecule has 0 N–H and O–H groups in total. The molecule has 4 heteroatoms. The van der Waals surface area contributed by atoms with Gasteiger partial charge in [-0.2, -0.15) is 0 Å². The maximum Gasteiger partial charge on any atom is 0.128 e. The molecule has 0 aliphatic heterocycles. The van der Waals surface area contributed by atoms with Crippen molar-refractivity contribution in [3.05, 3.63) is 156 Å². The normalized spacial score (nSPS) is 11.2. The molecular weight excluding hydrogens is 468 g/mol. The standard InChI is InChI=1S/C34H28N2O2/c1-3-11-27(12-4-1)25-37-33-17-9-7-15-29(33)23-35-31-19-21-32(22-20-31)36-24-30-16-8-10-18-34(30)38-26-28-13-5-2-6-14-28/h1-24H,25-26H2. The lowest BCUT2D eigenvalue weighted by atomic mass is 10.2. The summed E-state index contributed by atoms with van der Waals surface area (Å²) in [6.45, 7) is 1.03. The predicted octanol–water partition coefficient (Wildman–Crippen LogP) is 8.35. The van der Waals surface area contributed by atoms with Crippen molar-refractivity contribution in [1.82, 2.24) is 0 Å². The Balaban J connectivity index is 1.22. The van der Waals surface area contributed by atoms with E-state index in [0.717, 1.165) is 45.1 Å². The van der Waals surface area contributed by atoms with Gasteiger partial charge in [0.05, 0.1) is 11.4 Å². The first-order chi connectivity index (χ1) is 18.8. The number of para-hydroxylation sites is 2. The van der Waals surface area contributed by atoms with Crippen molar-refractivity contribution in [2.24, 2.45) is 9.98 Å². The molecule has 0 saturated carbocycles. The van der Waals surface area contributed by atoms with Crippen molar-refractivity contribution in [1.29, 1.82) is 0 Å². The Morgan fingerprint density at radius 1 is 0.421 bits per heavy atom. The second-order valence-corrected chi connectivity index (χ2v) is 8.66. The third-order valence-electron chi connectivity index (χ3n) is 5.87. The molecule has 0 aliphatic rings. The van der Waals surface area contributed by atoms with E-state index in [1.54, 1.807) is 0 Å². The minimum absolute atomic E-state index is 0.513. The highest BCUT2D eigenvalue weighted by molar-refractivity contribution is 5.86. The van der Waals surface area contributed by atoms with E-state index in [1.165, 1.54) is 0 Å². The average Bonchev–Trinajstić information content (AvgIpc) is 2.99. The van der Waals surface area contributed by atoms with Gasteiger partial charge in [-0.15, -0.1) is 0 Å². The molecule has 0 heterocycles. The smallest absolute Gasteiger partial charge is 0.128 e. The molecule has 0 fully saturated rings. The average molecular weight is 497 g/mol. The predicted molar refractivity (Wildman–Crippen MR) is 155 cm³/mol. The first-order valence-electron chi connectivity index (χ1n) is 12.5. The van der Waals surface area contributed by atoms with E-state index in [1.807, 2.05) is 122 Å². The van der Waals surface area contributed by atoms with Crippen LogP contribution in [0.4, 0.5) is 11.4 Å². The van der Waals surface area contributed by atoms with Crippen molar-refractivity contribution in [2.45, 2.75) is 13.2 Å². The topological polar surface area (TPSA) is 43.2 Å². The van der Waals surface area contributed by atoms with Gasteiger partial charge in [0, 0.05) is 23.6 Å². The Kier molecular flexibility index (Phi) is 8.35. The molecule has 0 atom stereocenters. The van der Waals surface area contributed by atoms with Crippen molar-refractivity contribution in [2.75, 3.05) is 0 Å². The molecule has 5 rings (SSSR count). The number of hydrogen-bond acceptors (Lipinski definition) is 4. The van der Waals surface area contributed by atoms with E-state index in [2.05, 4.69) is 34.3 Å². The molecular formula is C34H28N2O2. The van der Waals surface area contributed by atoms with E-state index in [0.29, 0.717) is 13.2 Å². The van der Waals surface area contributed by atoms with E-state index in [-0.39, 0.29) is 0 Å². The van der Waals surface area contributed by atoms with Crippen LogP contribution >= 0.6 is 0 Å². The fraction of sp³-hybridized carbons (Fsp3) is 0.0588. The Morgan fingerprint density at radius 2 is 0.789 bits per heavy atom. The summed E-state index contributed by atoms with van der Waals surface area (Å²) in [5.41, 5.74) is 5.79. The summed E-state index contributed by atoms with van der Waals surface area (Å²) in [5, 5.41) is 0. The largest absolute Gasteiger partial charge is 0.488 e. The quantitative estimate of drug-likeness (QED) is 0.182. The minimum atomic E-state index is 0.513. The fourth-order valence-electron chi connectivity index (χ4n) is 3.82. The molecule has 0 aromatic heterocycles. The lowest BCUT2D eigenvalue weighted by Crippen LogP contribution is -1.98. The molecule has 0 spiro atoms. The first kappa shape index (κ1) is 24.7. The first-order valence-corrected chi connectivity index (χ1v) is 12.5. The van der Waals surface area contributed by atoms with Crippen molar-refractivity contribution in [3.63, 3.8) is 0 Å². The summed E-state index contributed by atoms with van der Waals surface area (Å²) < 4.78 is 12.1. The van der Waals surface area contributed by atoms with Crippen molar-refractivity contribution >= 4 is 23.8 Å². The number of benzene rings is 5. The van der Waals surface area contributed by atoms with Crippen molar-refractivity contribution in [3.8, 4) is 11.5 Å². The van der Waals surface area contributed by atoms with Gasteiger partial charge in [-0.3, -0.25) is 9.98 Å². The second kappa shape index (κ2) is 12.8. The Hall–Kier alpha value is -4.96. The van der Waals surface area contributed by atoms with Crippen LogP contribution in [0.15, 0.2) is 143 Å². The zero-order chi connectivity index (χ0) is 25.8. The minimum Gasteiger partial charge on any atom is -0.488 e. The second-order valence-electron chi connectivity index (χ2n) is 8.66. The van der Waals surface area contributed by atoms with Crippen LogP contribution in [0.1, 0.15) is 22.3 Å². The van der Waals surface area contributed by atoms with Crippen LogP contribution in [-0.2, 0) is 13.2 Å². The van der Waals surface area contributed by atoms with Gasteiger partial charge in [-0.1, -0.05) is 84.9 Å². The molecule has 38 heavy (non-hydrogen) atoms. The number of ether oxygens (including phenoxy) is 2. The van der Waals surface area contributed by atoms with Gasteiger partial charge in [0.2, 0.25) is 0 Å². The maximum atomic E-state index is 6.04. The van der Waals surface area contributed by atoms with Crippen molar-refractivity contribution < 1.29 is 9.47 Å². The molecule has 5 aromatic carbocycles. The number of aliphatic imine (C=N–C) groups is 2. The molecule has 0 radical (unpaired) electrons. The SMILES string of the molecule is C(=Nc1ccc(N=Cc2ccccc2OCc2ccccc2)cc1)c1ccccc1OCc1ccccc1. The van der Waals surface area contributed by atoms with Gasteiger partial charge in [-0.25, -0.2) is 0 Å². The zero-order valence-electron chi connectivity index (χ0n) is 21.0. The van der Waals surface area contributed by atoms with Crippen LogP contribution in [0.5, 0.6) is 11.5 Å². The summed E-state index contributed by atoms with van der Waals surface area (Å²) in [4.78, 5) is 9.28. The number of rotatable bonds is 10. The molecule has 186 valence electrons. The molecule has 0 aliphatic carbocycles. The molecule has 5 aromatic rings. The molecule has 0 amide bonds. The van der Waals surface area contributed by atoms with Crippen LogP contribution in [0.25, 0.3) is 0 Å². The lowest BCUT2D eigenvalue weighted by molar-refractivity contribution is 0.305. The Bertz CT molecular complexity index is 1380. The zero-order valence-corrected chi connectivity index (χ0v) is 21.0.